The van der Waals surface area contributed by atoms with Crippen LogP contribution in [0.15, 0.2) is 36.4 Å². The highest BCUT2D eigenvalue weighted by molar-refractivity contribution is 6.58. The zero-order valence-electron chi connectivity index (χ0n) is 22.1. The van der Waals surface area contributed by atoms with Crippen molar-refractivity contribution in [3.05, 3.63) is 52.5 Å². The van der Waals surface area contributed by atoms with Crippen LogP contribution in [0.4, 0.5) is 0 Å². The van der Waals surface area contributed by atoms with Crippen LogP contribution >= 0.6 is 11.6 Å². The van der Waals surface area contributed by atoms with Crippen LogP contribution in [0.2, 0.25) is 5.02 Å². The number of unbranched alkanes of at least 4 members (excludes halogenated alkanes) is 12. The van der Waals surface area contributed by atoms with Gasteiger partial charge in [-0.2, -0.15) is 0 Å². The van der Waals surface area contributed by atoms with E-state index < -0.39 is 7.12 Å². The fourth-order valence-corrected chi connectivity index (χ4v) is 6.25. The van der Waals surface area contributed by atoms with Crippen molar-refractivity contribution < 1.29 is 10.0 Å². The Morgan fingerprint density at radius 3 is 1.60 bits per heavy atom. The molecule has 35 heavy (non-hydrogen) atoms. The van der Waals surface area contributed by atoms with Gasteiger partial charge in [0.1, 0.15) is 0 Å². The maximum absolute atomic E-state index is 9.95. The van der Waals surface area contributed by atoms with Gasteiger partial charge in [-0.15, -0.1) is 0 Å². The molecular weight excluding hydrogens is 451 g/mol. The Morgan fingerprint density at radius 2 is 1.09 bits per heavy atom. The number of hydrogen-bond donors (Lipinski definition) is 2. The topological polar surface area (TPSA) is 40.5 Å². The summed E-state index contributed by atoms with van der Waals surface area (Å²) in [6.07, 6.45) is 20.3. The largest absolute Gasteiger partial charge is 0.488 e. The third kappa shape index (κ3) is 7.37. The van der Waals surface area contributed by atoms with Crippen LogP contribution in [0.25, 0.3) is 11.1 Å². The molecule has 3 rings (SSSR count). The number of rotatable bonds is 17. The Morgan fingerprint density at radius 1 is 0.629 bits per heavy atom. The zero-order valence-corrected chi connectivity index (χ0v) is 22.9. The molecule has 2 N–H and O–H groups in total. The summed E-state index contributed by atoms with van der Waals surface area (Å²) in [5.41, 5.74) is 5.64. The smallest absolute Gasteiger partial charge is 0.423 e. The van der Waals surface area contributed by atoms with Gasteiger partial charge in [-0.05, 0) is 52.7 Å². The van der Waals surface area contributed by atoms with E-state index in [0.717, 1.165) is 17.9 Å². The van der Waals surface area contributed by atoms with Gasteiger partial charge in [0.25, 0.3) is 0 Å². The van der Waals surface area contributed by atoms with Crippen LogP contribution in [0.5, 0.6) is 0 Å². The molecule has 0 saturated carbocycles. The van der Waals surface area contributed by atoms with Crippen LogP contribution in [-0.2, 0) is 5.41 Å². The Kier molecular flexibility index (Phi) is 11.7. The molecule has 0 fully saturated rings. The second-order valence-electron chi connectivity index (χ2n) is 10.7. The van der Waals surface area contributed by atoms with Crippen LogP contribution in [0.1, 0.15) is 128 Å². The van der Waals surface area contributed by atoms with E-state index in [4.69, 9.17) is 11.6 Å². The Balaban J connectivity index is 1.84. The first-order chi connectivity index (χ1) is 17.0. The molecule has 1 aliphatic carbocycles. The number of halogens is 1. The predicted molar refractivity (Wildman–Crippen MR) is 153 cm³/mol. The highest BCUT2D eigenvalue weighted by Gasteiger charge is 2.42. The first kappa shape index (κ1) is 28.3. The van der Waals surface area contributed by atoms with Crippen LogP contribution < -0.4 is 5.46 Å². The SMILES string of the molecule is CCCCCCCCCC1(CCCCCCCCC)c2cc(Cl)ccc2-c2ccc(B(O)O)cc21. The van der Waals surface area contributed by atoms with Crippen molar-refractivity contribution >= 4 is 24.2 Å². The summed E-state index contributed by atoms with van der Waals surface area (Å²) in [7, 11) is -1.44. The fourth-order valence-electron chi connectivity index (χ4n) is 6.08. The molecule has 0 aromatic heterocycles. The summed E-state index contributed by atoms with van der Waals surface area (Å²) in [4.78, 5) is 0. The van der Waals surface area contributed by atoms with E-state index >= 15 is 0 Å². The monoisotopic (exact) mass is 496 g/mol. The minimum absolute atomic E-state index is 0.0900. The van der Waals surface area contributed by atoms with Crippen molar-refractivity contribution in [3.63, 3.8) is 0 Å². The van der Waals surface area contributed by atoms with Gasteiger partial charge in [0.2, 0.25) is 0 Å². The molecule has 0 unspecified atom stereocenters. The zero-order chi connectivity index (χ0) is 25.1. The average Bonchev–Trinajstić information content (AvgIpc) is 3.11. The molecule has 0 bridgehead atoms. The first-order valence-electron chi connectivity index (χ1n) is 14.3. The van der Waals surface area contributed by atoms with E-state index in [0.29, 0.717) is 5.46 Å². The standard InChI is InChI=1S/C31H46BClO2/c1-3-5-7-9-11-13-15-21-31(22-16-14-12-10-8-6-4-2)29-23-25(32(34)35)17-19-27(29)28-20-18-26(33)24-30(28)31/h17-20,23-24,34-35H,3-16,21-22H2,1-2H3. The molecule has 0 radical (unpaired) electrons. The maximum atomic E-state index is 9.95. The Labute approximate surface area is 219 Å². The van der Waals surface area contributed by atoms with Crippen molar-refractivity contribution in [1.29, 1.82) is 0 Å². The third-order valence-electron chi connectivity index (χ3n) is 8.06. The maximum Gasteiger partial charge on any atom is 0.488 e. The molecule has 0 atom stereocenters. The van der Waals surface area contributed by atoms with Crippen molar-refractivity contribution in [2.24, 2.45) is 0 Å². The lowest BCUT2D eigenvalue weighted by Crippen LogP contribution is -2.32. The number of hydrogen-bond acceptors (Lipinski definition) is 2. The van der Waals surface area contributed by atoms with Gasteiger partial charge in [-0.1, -0.05) is 140 Å². The third-order valence-corrected chi connectivity index (χ3v) is 8.29. The van der Waals surface area contributed by atoms with Crippen LogP contribution in [-0.4, -0.2) is 17.2 Å². The van der Waals surface area contributed by atoms with E-state index in [1.54, 1.807) is 0 Å². The van der Waals surface area contributed by atoms with E-state index in [2.05, 4.69) is 38.1 Å². The molecule has 2 aromatic rings. The van der Waals surface area contributed by atoms with Crippen molar-refractivity contribution in [1.82, 2.24) is 0 Å². The van der Waals surface area contributed by atoms with Gasteiger partial charge in [-0.3, -0.25) is 0 Å². The minimum Gasteiger partial charge on any atom is -0.423 e. The molecule has 0 amide bonds. The van der Waals surface area contributed by atoms with Gasteiger partial charge in [0, 0.05) is 10.4 Å². The summed E-state index contributed by atoms with van der Waals surface area (Å²) in [6, 6.07) is 12.4. The lowest BCUT2D eigenvalue weighted by atomic mass is 9.68. The van der Waals surface area contributed by atoms with Crippen molar-refractivity contribution in [3.8, 4) is 11.1 Å². The molecule has 0 saturated heterocycles. The number of benzene rings is 2. The second kappa shape index (κ2) is 14.5. The normalized spacial score (nSPS) is 13.6. The van der Waals surface area contributed by atoms with Gasteiger partial charge < -0.3 is 10.0 Å². The molecule has 0 heterocycles. The van der Waals surface area contributed by atoms with Gasteiger partial charge in [-0.25, -0.2) is 0 Å². The highest BCUT2D eigenvalue weighted by atomic mass is 35.5. The molecule has 4 heteroatoms. The lowest BCUT2D eigenvalue weighted by molar-refractivity contribution is 0.397. The predicted octanol–water partition coefficient (Wildman–Crippen LogP) is 8.57. The Hall–Kier alpha value is -1.29. The van der Waals surface area contributed by atoms with Gasteiger partial charge >= 0.3 is 7.12 Å². The minimum atomic E-state index is -1.44. The van der Waals surface area contributed by atoms with Crippen LogP contribution in [0.3, 0.4) is 0 Å². The molecule has 192 valence electrons. The molecule has 0 aliphatic heterocycles. The summed E-state index contributed by atoms with van der Waals surface area (Å²) in [6.45, 7) is 4.54. The molecule has 2 nitrogen and oxygen atoms in total. The Bertz CT molecular complexity index is 893. The fraction of sp³-hybridized carbons (Fsp3) is 0.613. The van der Waals surface area contributed by atoms with E-state index in [-0.39, 0.29) is 5.41 Å². The van der Waals surface area contributed by atoms with E-state index in [1.165, 1.54) is 112 Å². The van der Waals surface area contributed by atoms with Crippen molar-refractivity contribution in [2.75, 3.05) is 0 Å². The summed E-state index contributed by atoms with van der Waals surface area (Å²) in [5, 5.41) is 20.7. The average molecular weight is 497 g/mol. The number of fused-ring (bicyclic) bond motifs is 3. The summed E-state index contributed by atoms with van der Waals surface area (Å²) < 4.78 is 0. The molecule has 2 aromatic carbocycles. The first-order valence-corrected chi connectivity index (χ1v) is 14.7. The summed E-state index contributed by atoms with van der Waals surface area (Å²) in [5.74, 6) is 0. The molecule has 0 spiro atoms. The van der Waals surface area contributed by atoms with Gasteiger partial charge in [0.15, 0.2) is 0 Å². The van der Waals surface area contributed by atoms with Gasteiger partial charge in [0.05, 0.1) is 0 Å². The van der Waals surface area contributed by atoms with Crippen LogP contribution in [0, 0.1) is 0 Å². The quantitative estimate of drug-likeness (QED) is 0.170. The molecular formula is C31H46BClO2. The lowest BCUT2D eigenvalue weighted by Gasteiger charge is -2.33. The molecule has 1 aliphatic rings. The van der Waals surface area contributed by atoms with E-state index in [1.807, 2.05) is 12.1 Å². The summed E-state index contributed by atoms with van der Waals surface area (Å²) >= 11 is 6.56. The second-order valence-corrected chi connectivity index (χ2v) is 11.1. The highest BCUT2D eigenvalue weighted by Crippen LogP contribution is 2.54. The van der Waals surface area contributed by atoms with E-state index in [9.17, 15) is 10.0 Å². The van der Waals surface area contributed by atoms with Crippen molar-refractivity contribution in [2.45, 2.75) is 122 Å².